The zero-order chi connectivity index (χ0) is 19.2. The highest BCUT2D eigenvalue weighted by molar-refractivity contribution is 7.89. The molecule has 2 aromatic rings. The number of ether oxygens (including phenoxy) is 1. The third kappa shape index (κ3) is 5.27. The molecule has 26 heavy (non-hydrogen) atoms. The van der Waals surface area contributed by atoms with Crippen molar-refractivity contribution in [2.45, 2.75) is 18.7 Å². The molecule has 0 radical (unpaired) electrons. The van der Waals surface area contributed by atoms with Crippen molar-refractivity contribution in [1.29, 1.82) is 0 Å². The smallest absolute Gasteiger partial charge is 0.240 e. The van der Waals surface area contributed by atoms with Gasteiger partial charge in [-0.05, 0) is 55.5 Å². The fraction of sp³-hybridized carbons (Fsp3) is 0.278. The Hall–Kier alpha value is -2.45. The fourth-order valence-electron chi connectivity index (χ4n) is 2.35. The van der Waals surface area contributed by atoms with Crippen LogP contribution in [0.5, 0.6) is 5.75 Å². The molecule has 0 fully saturated rings. The second kappa shape index (κ2) is 8.77. The predicted octanol–water partition coefficient (Wildman–Crippen LogP) is 2.56. The molecular weight excluding hydrogens is 359 g/mol. The van der Waals surface area contributed by atoms with Gasteiger partial charge >= 0.3 is 0 Å². The van der Waals surface area contributed by atoms with Gasteiger partial charge in [-0.3, -0.25) is 4.79 Å². The average molecular weight is 380 g/mol. The Morgan fingerprint density at radius 3 is 2.27 bits per heavy atom. The number of nitrogens with zero attached hydrogens (tertiary/aromatic N) is 1. The standard InChI is InChI=1S/C18H21FN2O4S/c1-3-25-17-8-6-16(7-9-17)21(14(2)22)13-12-20-26(23,24)18-10-4-15(19)5-11-18/h4-11,20H,3,12-13H2,1-2H3. The summed E-state index contributed by atoms with van der Waals surface area (Å²) in [6.45, 7) is 4.01. The van der Waals surface area contributed by atoms with Gasteiger partial charge in [0.25, 0.3) is 0 Å². The quantitative estimate of drug-likeness (QED) is 0.764. The Morgan fingerprint density at radius 2 is 1.73 bits per heavy atom. The molecule has 0 heterocycles. The summed E-state index contributed by atoms with van der Waals surface area (Å²) in [6.07, 6.45) is 0. The average Bonchev–Trinajstić information content (AvgIpc) is 2.60. The lowest BCUT2D eigenvalue weighted by Crippen LogP contribution is -2.37. The van der Waals surface area contributed by atoms with E-state index < -0.39 is 15.8 Å². The van der Waals surface area contributed by atoms with E-state index in [0.29, 0.717) is 18.0 Å². The van der Waals surface area contributed by atoms with Crippen molar-refractivity contribution in [2.24, 2.45) is 0 Å². The zero-order valence-corrected chi connectivity index (χ0v) is 15.4. The number of benzene rings is 2. The molecule has 0 bridgehead atoms. The van der Waals surface area contributed by atoms with E-state index in [2.05, 4.69) is 4.72 Å². The van der Waals surface area contributed by atoms with E-state index in [-0.39, 0.29) is 23.9 Å². The van der Waals surface area contributed by atoms with Crippen LogP contribution in [0.15, 0.2) is 53.4 Å². The van der Waals surface area contributed by atoms with E-state index in [4.69, 9.17) is 4.74 Å². The Labute approximate surface area is 152 Å². The summed E-state index contributed by atoms with van der Waals surface area (Å²) < 4.78 is 45.1. The normalized spacial score (nSPS) is 11.2. The molecule has 1 amide bonds. The lowest BCUT2D eigenvalue weighted by Gasteiger charge is -2.21. The molecule has 0 aliphatic rings. The van der Waals surface area contributed by atoms with Crippen molar-refractivity contribution in [1.82, 2.24) is 4.72 Å². The van der Waals surface area contributed by atoms with Gasteiger partial charge in [0.1, 0.15) is 11.6 Å². The zero-order valence-electron chi connectivity index (χ0n) is 14.6. The molecule has 1 N–H and O–H groups in total. The Bertz CT molecular complexity index is 836. The van der Waals surface area contributed by atoms with E-state index in [1.807, 2.05) is 6.92 Å². The van der Waals surface area contributed by atoms with Crippen molar-refractivity contribution < 1.29 is 22.3 Å². The molecule has 0 saturated carbocycles. The number of rotatable bonds is 8. The highest BCUT2D eigenvalue weighted by atomic mass is 32.2. The number of carbonyl (C=O) groups is 1. The van der Waals surface area contributed by atoms with Gasteiger partial charge in [0.05, 0.1) is 11.5 Å². The van der Waals surface area contributed by atoms with Crippen LogP contribution in [0.25, 0.3) is 0 Å². The van der Waals surface area contributed by atoms with E-state index in [9.17, 15) is 17.6 Å². The van der Waals surface area contributed by atoms with Gasteiger partial charge in [-0.15, -0.1) is 0 Å². The van der Waals surface area contributed by atoms with Gasteiger partial charge in [-0.2, -0.15) is 0 Å². The molecule has 0 atom stereocenters. The van der Waals surface area contributed by atoms with Crippen molar-refractivity contribution in [3.63, 3.8) is 0 Å². The molecule has 6 nitrogen and oxygen atoms in total. The van der Waals surface area contributed by atoms with Gasteiger partial charge in [0, 0.05) is 25.7 Å². The van der Waals surface area contributed by atoms with Crippen LogP contribution in [0.3, 0.4) is 0 Å². The Kier molecular flexibility index (Phi) is 6.70. The third-order valence-corrected chi connectivity index (χ3v) is 5.07. The molecule has 8 heteroatoms. The van der Waals surface area contributed by atoms with Crippen molar-refractivity contribution in [2.75, 3.05) is 24.6 Å². The number of amides is 1. The van der Waals surface area contributed by atoms with Gasteiger partial charge in [-0.25, -0.2) is 17.5 Å². The van der Waals surface area contributed by atoms with Crippen LogP contribution in [0.2, 0.25) is 0 Å². The summed E-state index contributed by atoms with van der Waals surface area (Å²) in [5.41, 5.74) is 0.641. The van der Waals surface area contributed by atoms with Crippen LogP contribution in [0, 0.1) is 5.82 Å². The topological polar surface area (TPSA) is 75.7 Å². The number of nitrogens with one attached hydrogen (secondary N) is 1. The first-order valence-electron chi connectivity index (χ1n) is 8.09. The van der Waals surface area contributed by atoms with E-state index in [1.165, 1.54) is 24.0 Å². The first-order chi connectivity index (χ1) is 12.3. The van der Waals surface area contributed by atoms with Gasteiger partial charge in [0.2, 0.25) is 15.9 Å². The molecule has 2 rings (SSSR count). The fourth-order valence-corrected chi connectivity index (χ4v) is 3.37. The number of hydrogen-bond donors (Lipinski definition) is 1. The second-order valence-corrected chi connectivity index (χ2v) is 7.22. The van der Waals surface area contributed by atoms with Crippen LogP contribution in [-0.4, -0.2) is 34.0 Å². The summed E-state index contributed by atoms with van der Waals surface area (Å²) in [4.78, 5) is 13.3. The minimum absolute atomic E-state index is 0.0203. The second-order valence-electron chi connectivity index (χ2n) is 5.45. The maximum atomic E-state index is 12.9. The van der Waals surface area contributed by atoms with E-state index in [0.717, 1.165) is 12.1 Å². The SMILES string of the molecule is CCOc1ccc(N(CCNS(=O)(=O)c2ccc(F)cc2)C(C)=O)cc1. The number of anilines is 1. The maximum Gasteiger partial charge on any atom is 0.240 e. The predicted molar refractivity (Wildman–Crippen MR) is 97.2 cm³/mol. The first kappa shape index (κ1) is 19.9. The molecule has 140 valence electrons. The highest BCUT2D eigenvalue weighted by Crippen LogP contribution is 2.19. The first-order valence-corrected chi connectivity index (χ1v) is 9.58. The Morgan fingerprint density at radius 1 is 1.12 bits per heavy atom. The highest BCUT2D eigenvalue weighted by Gasteiger charge is 2.16. The van der Waals surface area contributed by atoms with Crippen molar-refractivity contribution in [3.8, 4) is 5.75 Å². The van der Waals surface area contributed by atoms with Crippen LogP contribution in [0.4, 0.5) is 10.1 Å². The maximum absolute atomic E-state index is 12.9. The molecule has 0 aromatic heterocycles. The van der Waals surface area contributed by atoms with Crippen molar-refractivity contribution >= 4 is 21.6 Å². The molecule has 0 spiro atoms. The summed E-state index contributed by atoms with van der Waals surface area (Å²) in [5.74, 6) is -0.0332. The van der Waals surface area contributed by atoms with Crippen LogP contribution < -0.4 is 14.4 Å². The lowest BCUT2D eigenvalue weighted by atomic mass is 10.2. The molecule has 0 saturated heterocycles. The summed E-state index contributed by atoms with van der Waals surface area (Å²) >= 11 is 0. The third-order valence-electron chi connectivity index (χ3n) is 3.59. The lowest BCUT2D eigenvalue weighted by molar-refractivity contribution is -0.116. The summed E-state index contributed by atoms with van der Waals surface area (Å²) in [5, 5.41) is 0. The van der Waals surface area contributed by atoms with Crippen LogP contribution in [0.1, 0.15) is 13.8 Å². The van der Waals surface area contributed by atoms with E-state index >= 15 is 0 Å². The monoisotopic (exact) mass is 380 g/mol. The van der Waals surface area contributed by atoms with Gasteiger partial charge < -0.3 is 9.64 Å². The molecule has 0 unspecified atom stereocenters. The van der Waals surface area contributed by atoms with Crippen LogP contribution in [-0.2, 0) is 14.8 Å². The molecule has 0 aliphatic heterocycles. The van der Waals surface area contributed by atoms with Gasteiger partial charge in [-0.1, -0.05) is 0 Å². The molecular formula is C18H21FN2O4S. The molecule has 2 aromatic carbocycles. The van der Waals surface area contributed by atoms with Crippen LogP contribution >= 0.6 is 0 Å². The Balaban J connectivity index is 2.02. The van der Waals surface area contributed by atoms with E-state index in [1.54, 1.807) is 24.3 Å². The number of hydrogen-bond acceptors (Lipinski definition) is 4. The number of sulfonamides is 1. The van der Waals surface area contributed by atoms with Gasteiger partial charge in [0.15, 0.2) is 0 Å². The minimum atomic E-state index is -3.77. The summed E-state index contributed by atoms with van der Waals surface area (Å²) in [6, 6.07) is 11.5. The largest absolute Gasteiger partial charge is 0.494 e. The number of carbonyl (C=O) groups excluding carboxylic acids is 1. The van der Waals surface area contributed by atoms with Crippen molar-refractivity contribution in [3.05, 3.63) is 54.3 Å². The molecule has 0 aliphatic carbocycles. The summed E-state index contributed by atoms with van der Waals surface area (Å²) in [7, 11) is -3.77. The number of halogens is 1. The minimum Gasteiger partial charge on any atom is -0.494 e.